The molecule has 0 saturated carbocycles. The van der Waals surface area contributed by atoms with Crippen molar-refractivity contribution in [2.24, 2.45) is 5.92 Å². The molecule has 7 nitrogen and oxygen atoms in total. The van der Waals surface area contributed by atoms with E-state index in [1.165, 1.54) is 7.05 Å². The summed E-state index contributed by atoms with van der Waals surface area (Å²) in [5, 5.41) is 6.46. The number of nitrogens with zero attached hydrogens (tertiary/aromatic N) is 1. The fourth-order valence-corrected chi connectivity index (χ4v) is 1.84. The third-order valence-electron chi connectivity index (χ3n) is 2.87. The molecule has 0 rings (SSSR count). The van der Waals surface area contributed by atoms with E-state index in [1.807, 2.05) is 13.8 Å². The number of hydrogen-bond acceptors (Lipinski definition) is 4. The Morgan fingerprint density at radius 1 is 1.19 bits per heavy atom. The van der Waals surface area contributed by atoms with Crippen LogP contribution in [-0.2, 0) is 14.4 Å². The third-order valence-corrected chi connectivity index (χ3v) is 3.10. The molecule has 0 saturated heterocycles. The summed E-state index contributed by atoms with van der Waals surface area (Å²) in [5.74, 6) is -0.919. The van der Waals surface area contributed by atoms with Crippen LogP contribution in [0.5, 0.6) is 0 Å². The van der Waals surface area contributed by atoms with E-state index in [0.29, 0.717) is 12.3 Å². The van der Waals surface area contributed by atoms with Gasteiger partial charge in [-0.3, -0.25) is 24.8 Å². The lowest BCUT2D eigenvalue weighted by atomic mass is 10.0. The lowest BCUT2D eigenvalue weighted by Crippen LogP contribution is -2.54. The Balaban J connectivity index is 4.67. The van der Waals surface area contributed by atoms with Gasteiger partial charge in [0, 0.05) is 13.5 Å². The molecule has 0 radical (unpaired) electrons. The number of likely N-dealkylation sites (N-methyl/N-ethyl adjacent to an activating group) is 1. The van der Waals surface area contributed by atoms with Crippen molar-refractivity contribution in [2.45, 2.75) is 32.7 Å². The number of amides is 3. The van der Waals surface area contributed by atoms with Gasteiger partial charge in [0.1, 0.15) is 5.88 Å². The van der Waals surface area contributed by atoms with Gasteiger partial charge in [0.2, 0.25) is 5.91 Å². The fourth-order valence-electron chi connectivity index (χ4n) is 1.69. The third kappa shape index (κ3) is 7.87. The number of carbonyl (C=O) groups excluding carboxylic acids is 3. The van der Waals surface area contributed by atoms with E-state index < -0.39 is 11.9 Å². The monoisotopic (exact) mass is 320 g/mol. The topological polar surface area (TPSA) is 90.5 Å². The number of carbonyl (C=O) groups is 3. The highest BCUT2D eigenvalue weighted by Crippen LogP contribution is 2.05. The first-order chi connectivity index (χ1) is 9.85. The van der Waals surface area contributed by atoms with Gasteiger partial charge < -0.3 is 10.6 Å². The van der Waals surface area contributed by atoms with Crippen LogP contribution in [0.1, 0.15) is 26.7 Å². The highest BCUT2D eigenvalue weighted by molar-refractivity contribution is 6.27. The van der Waals surface area contributed by atoms with E-state index >= 15 is 0 Å². The molecular formula is C13H25ClN4O3. The zero-order valence-electron chi connectivity index (χ0n) is 13.0. The normalized spacial score (nSPS) is 11.9. The molecule has 0 spiro atoms. The first-order valence-electron chi connectivity index (χ1n) is 6.90. The molecule has 0 bridgehead atoms. The zero-order chi connectivity index (χ0) is 16.4. The van der Waals surface area contributed by atoms with E-state index in [4.69, 9.17) is 11.6 Å². The summed E-state index contributed by atoms with van der Waals surface area (Å²) in [4.78, 5) is 35.1. The fraction of sp³-hybridized carbons (Fsp3) is 0.769. The Hall–Kier alpha value is -1.34. The van der Waals surface area contributed by atoms with Gasteiger partial charge in [0.25, 0.3) is 11.8 Å². The lowest BCUT2D eigenvalue weighted by molar-refractivity contribution is -0.141. The van der Waals surface area contributed by atoms with Crippen molar-refractivity contribution in [3.8, 4) is 0 Å². The van der Waals surface area contributed by atoms with Crippen LogP contribution in [0.4, 0.5) is 0 Å². The SMILES string of the molecule is CNC(=O)CCN(NC(=O)[C@H](CC(C)C)NC)C(=O)CCl. The first kappa shape index (κ1) is 19.7. The van der Waals surface area contributed by atoms with Gasteiger partial charge in [-0.15, -0.1) is 11.6 Å². The van der Waals surface area contributed by atoms with E-state index in [1.54, 1.807) is 7.05 Å². The number of alkyl halides is 1. The molecule has 8 heteroatoms. The Bertz CT molecular complexity index is 363. The highest BCUT2D eigenvalue weighted by Gasteiger charge is 2.22. The van der Waals surface area contributed by atoms with Crippen LogP contribution in [0.15, 0.2) is 0 Å². The molecule has 3 amide bonds. The van der Waals surface area contributed by atoms with Crippen molar-refractivity contribution < 1.29 is 14.4 Å². The molecule has 0 aliphatic carbocycles. The minimum atomic E-state index is -0.451. The van der Waals surface area contributed by atoms with Crippen LogP contribution >= 0.6 is 11.6 Å². The Labute approximate surface area is 130 Å². The number of hydrazine groups is 1. The van der Waals surface area contributed by atoms with Crippen molar-refractivity contribution in [3.63, 3.8) is 0 Å². The summed E-state index contributed by atoms with van der Waals surface area (Å²) in [6.45, 7) is 4.09. The smallest absolute Gasteiger partial charge is 0.255 e. The van der Waals surface area contributed by atoms with Crippen LogP contribution in [-0.4, -0.2) is 55.3 Å². The lowest BCUT2D eigenvalue weighted by Gasteiger charge is -2.25. The molecule has 0 aromatic heterocycles. The summed E-state index contributed by atoms with van der Waals surface area (Å²) in [7, 11) is 3.19. The van der Waals surface area contributed by atoms with Gasteiger partial charge in [-0.1, -0.05) is 13.8 Å². The minimum Gasteiger partial charge on any atom is -0.359 e. The molecule has 0 unspecified atom stereocenters. The van der Waals surface area contributed by atoms with Crippen LogP contribution in [0.2, 0.25) is 0 Å². The van der Waals surface area contributed by atoms with Crippen LogP contribution in [0, 0.1) is 5.92 Å². The molecule has 1 atom stereocenters. The molecule has 21 heavy (non-hydrogen) atoms. The summed E-state index contributed by atoms with van der Waals surface area (Å²) in [6.07, 6.45) is 0.731. The average Bonchev–Trinajstić information content (AvgIpc) is 2.46. The van der Waals surface area contributed by atoms with Crippen LogP contribution in [0.3, 0.4) is 0 Å². The van der Waals surface area contributed by atoms with Gasteiger partial charge in [-0.05, 0) is 19.4 Å². The van der Waals surface area contributed by atoms with E-state index in [0.717, 1.165) is 5.01 Å². The Kier molecular flexibility index (Phi) is 9.73. The molecular weight excluding hydrogens is 296 g/mol. The summed E-state index contributed by atoms with van der Waals surface area (Å²) in [6, 6.07) is -0.407. The molecule has 0 heterocycles. The van der Waals surface area contributed by atoms with Crippen molar-refractivity contribution in [2.75, 3.05) is 26.5 Å². The van der Waals surface area contributed by atoms with Crippen molar-refractivity contribution in [1.82, 2.24) is 21.1 Å². The van der Waals surface area contributed by atoms with Gasteiger partial charge in [0.15, 0.2) is 0 Å². The van der Waals surface area contributed by atoms with Gasteiger partial charge in [0.05, 0.1) is 12.6 Å². The van der Waals surface area contributed by atoms with E-state index in [-0.39, 0.29) is 30.7 Å². The standard InChI is InChI=1S/C13H25ClN4O3/c1-9(2)7-10(15-3)13(21)17-18(12(20)8-14)6-5-11(19)16-4/h9-10,15H,5-8H2,1-4H3,(H,16,19)(H,17,21)/t10-/m0/s1. The second-order valence-corrected chi connectivity index (χ2v) is 5.32. The predicted octanol–water partition coefficient (Wildman–Crippen LogP) is -0.145. The molecule has 122 valence electrons. The summed E-state index contributed by atoms with van der Waals surface area (Å²) in [5.41, 5.74) is 2.52. The predicted molar refractivity (Wildman–Crippen MR) is 81.6 cm³/mol. The maximum Gasteiger partial charge on any atom is 0.255 e. The Morgan fingerprint density at radius 2 is 1.81 bits per heavy atom. The maximum absolute atomic E-state index is 12.1. The first-order valence-corrected chi connectivity index (χ1v) is 7.43. The summed E-state index contributed by atoms with van der Waals surface area (Å²) >= 11 is 5.52. The van der Waals surface area contributed by atoms with Crippen LogP contribution < -0.4 is 16.1 Å². The molecule has 3 N–H and O–H groups in total. The molecule has 0 aliphatic rings. The highest BCUT2D eigenvalue weighted by atomic mass is 35.5. The van der Waals surface area contributed by atoms with Gasteiger partial charge >= 0.3 is 0 Å². The molecule has 0 fully saturated rings. The maximum atomic E-state index is 12.1. The second kappa shape index (κ2) is 10.4. The van der Waals surface area contributed by atoms with Gasteiger partial charge in [-0.25, -0.2) is 0 Å². The molecule has 0 aromatic rings. The number of rotatable bonds is 8. The largest absolute Gasteiger partial charge is 0.359 e. The number of nitrogens with one attached hydrogen (secondary N) is 3. The van der Waals surface area contributed by atoms with Crippen LogP contribution in [0.25, 0.3) is 0 Å². The van der Waals surface area contributed by atoms with E-state index in [2.05, 4.69) is 16.1 Å². The quantitative estimate of drug-likeness (QED) is 0.429. The van der Waals surface area contributed by atoms with Crippen molar-refractivity contribution in [3.05, 3.63) is 0 Å². The molecule has 0 aromatic carbocycles. The van der Waals surface area contributed by atoms with E-state index in [9.17, 15) is 14.4 Å². The number of halogens is 1. The number of hydrogen-bond donors (Lipinski definition) is 3. The average molecular weight is 321 g/mol. The zero-order valence-corrected chi connectivity index (χ0v) is 13.8. The summed E-state index contributed by atoms with van der Waals surface area (Å²) < 4.78 is 0. The van der Waals surface area contributed by atoms with Crippen molar-refractivity contribution in [1.29, 1.82) is 0 Å². The molecule has 0 aliphatic heterocycles. The Morgan fingerprint density at radius 3 is 2.24 bits per heavy atom. The van der Waals surface area contributed by atoms with Gasteiger partial charge in [-0.2, -0.15) is 0 Å². The minimum absolute atomic E-state index is 0.0785. The van der Waals surface area contributed by atoms with Crippen molar-refractivity contribution >= 4 is 29.3 Å². The second-order valence-electron chi connectivity index (χ2n) is 5.05.